The van der Waals surface area contributed by atoms with Crippen molar-refractivity contribution in [2.24, 2.45) is 0 Å². The molecule has 2 atom stereocenters. The quantitative estimate of drug-likeness (QED) is 0.851. The number of carbonyl (C=O) groups is 1. The maximum absolute atomic E-state index is 12.3. The Hall–Kier alpha value is -1.26. The molecule has 3 rings (SSSR count). The van der Waals surface area contributed by atoms with Crippen LogP contribution < -0.4 is 4.74 Å². The second-order valence-electron chi connectivity index (χ2n) is 5.57. The molecule has 5 heteroatoms. The minimum absolute atomic E-state index is 0.0508. The smallest absolute Gasteiger partial charge is 0.264 e. The zero-order chi connectivity index (χ0) is 13.6. The number of likely N-dealkylation sites (tertiary alicyclic amines) is 1. The van der Waals surface area contributed by atoms with Crippen LogP contribution >= 0.6 is 11.6 Å². The van der Waals surface area contributed by atoms with Gasteiger partial charge in [-0.3, -0.25) is 4.79 Å². The van der Waals surface area contributed by atoms with Gasteiger partial charge in [-0.25, -0.2) is 0 Å². The Labute approximate surface area is 116 Å². The van der Waals surface area contributed by atoms with Crippen LogP contribution in [0.4, 0.5) is 0 Å². The molecular formula is C14H16ClNO3. The molecule has 2 unspecified atom stereocenters. The van der Waals surface area contributed by atoms with Gasteiger partial charge < -0.3 is 14.7 Å². The Morgan fingerprint density at radius 1 is 1.58 bits per heavy atom. The third-order valence-electron chi connectivity index (χ3n) is 3.74. The highest BCUT2D eigenvalue weighted by Crippen LogP contribution is 2.32. The van der Waals surface area contributed by atoms with Gasteiger partial charge in [0.25, 0.3) is 5.91 Å². The van der Waals surface area contributed by atoms with Crippen LogP contribution in [0, 0.1) is 0 Å². The van der Waals surface area contributed by atoms with Crippen LogP contribution in [-0.4, -0.2) is 40.7 Å². The summed E-state index contributed by atoms with van der Waals surface area (Å²) in [6.07, 6.45) is 0.680. The summed E-state index contributed by atoms with van der Waals surface area (Å²) in [5.41, 5.74) is 0.196. The molecule has 2 aliphatic heterocycles. The predicted molar refractivity (Wildman–Crippen MR) is 71.4 cm³/mol. The first-order valence-corrected chi connectivity index (χ1v) is 6.79. The molecule has 1 saturated heterocycles. The lowest BCUT2D eigenvalue weighted by atomic mass is 10.1. The zero-order valence-electron chi connectivity index (χ0n) is 10.7. The molecule has 0 bridgehead atoms. The molecule has 2 aliphatic rings. The molecule has 4 nitrogen and oxygen atoms in total. The van der Waals surface area contributed by atoms with E-state index in [1.165, 1.54) is 0 Å². The standard InChI is InChI=1S/C14H16ClNO3/c1-14(18)4-5-16(8-14)13(17)12-7-9-6-10(15)2-3-11(9)19-12/h2-3,6,12,18H,4-5,7-8H2,1H3. The number of carbonyl (C=O) groups excluding carboxylic acids is 1. The second kappa shape index (κ2) is 4.39. The van der Waals surface area contributed by atoms with Gasteiger partial charge in [-0.2, -0.15) is 0 Å². The fraction of sp³-hybridized carbons (Fsp3) is 0.500. The first-order valence-electron chi connectivity index (χ1n) is 6.41. The van der Waals surface area contributed by atoms with Gasteiger partial charge in [0, 0.05) is 24.5 Å². The average Bonchev–Trinajstić information content (AvgIpc) is 2.90. The fourth-order valence-corrected chi connectivity index (χ4v) is 2.89. The molecule has 102 valence electrons. The maximum Gasteiger partial charge on any atom is 0.264 e. The predicted octanol–water partition coefficient (Wildman–Crippen LogP) is 1.63. The summed E-state index contributed by atoms with van der Waals surface area (Å²) in [7, 11) is 0. The lowest BCUT2D eigenvalue weighted by molar-refractivity contribution is -0.137. The molecule has 0 aliphatic carbocycles. The molecule has 1 N–H and O–H groups in total. The van der Waals surface area contributed by atoms with Gasteiger partial charge in [0.1, 0.15) is 5.75 Å². The molecule has 1 aromatic rings. The molecule has 2 heterocycles. The molecule has 1 aromatic carbocycles. The van der Waals surface area contributed by atoms with E-state index in [9.17, 15) is 9.90 Å². The minimum Gasteiger partial charge on any atom is -0.480 e. The number of rotatable bonds is 1. The van der Waals surface area contributed by atoms with E-state index in [4.69, 9.17) is 16.3 Å². The van der Waals surface area contributed by atoms with E-state index in [0.717, 1.165) is 11.3 Å². The van der Waals surface area contributed by atoms with Crippen LogP contribution in [-0.2, 0) is 11.2 Å². The Morgan fingerprint density at radius 2 is 2.37 bits per heavy atom. The Bertz CT molecular complexity index is 529. The van der Waals surface area contributed by atoms with E-state index in [0.29, 0.717) is 31.0 Å². The molecule has 1 amide bonds. The molecule has 0 aromatic heterocycles. The van der Waals surface area contributed by atoms with Gasteiger partial charge in [-0.1, -0.05) is 11.6 Å². The van der Waals surface area contributed by atoms with Crippen molar-refractivity contribution >= 4 is 17.5 Å². The van der Waals surface area contributed by atoms with Crippen LogP contribution in [0.15, 0.2) is 18.2 Å². The zero-order valence-corrected chi connectivity index (χ0v) is 11.5. The van der Waals surface area contributed by atoms with Crippen LogP contribution in [0.5, 0.6) is 5.75 Å². The largest absolute Gasteiger partial charge is 0.480 e. The van der Waals surface area contributed by atoms with Gasteiger partial charge in [0.05, 0.1) is 5.60 Å². The van der Waals surface area contributed by atoms with Gasteiger partial charge in [-0.05, 0) is 37.1 Å². The van der Waals surface area contributed by atoms with E-state index in [1.807, 2.05) is 6.07 Å². The topological polar surface area (TPSA) is 49.8 Å². The van der Waals surface area contributed by atoms with Gasteiger partial charge in [0.2, 0.25) is 0 Å². The first kappa shape index (κ1) is 12.8. The highest BCUT2D eigenvalue weighted by Gasteiger charge is 2.39. The second-order valence-corrected chi connectivity index (χ2v) is 6.01. The Kier molecular flexibility index (Phi) is 2.95. The van der Waals surface area contributed by atoms with Crippen molar-refractivity contribution in [2.45, 2.75) is 31.5 Å². The van der Waals surface area contributed by atoms with Gasteiger partial charge in [0.15, 0.2) is 6.10 Å². The minimum atomic E-state index is -0.773. The fourth-order valence-electron chi connectivity index (χ4n) is 2.69. The van der Waals surface area contributed by atoms with E-state index >= 15 is 0 Å². The lowest BCUT2D eigenvalue weighted by Crippen LogP contribution is -2.42. The number of hydrogen-bond acceptors (Lipinski definition) is 3. The molecule has 0 radical (unpaired) electrons. The Morgan fingerprint density at radius 3 is 3.05 bits per heavy atom. The van der Waals surface area contributed by atoms with Gasteiger partial charge in [-0.15, -0.1) is 0 Å². The number of amides is 1. The van der Waals surface area contributed by atoms with Gasteiger partial charge >= 0.3 is 0 Å². The van der Waals surface area contributed by atoms with Crippen LogP contribution in [0.25, 0.3) is 0 Å². The lowest BCUT2D eigenvalue weighted by Gasteiger charge is -2.21. The summed E-state index contributed by atoms with van der Waals surface area (Å²) < 4.78 is 5.67. The summed E-state index contributed by atoms with van der Waals surface area (Å²) >= 11 is 5.93. The highest BCUT2D eigenvalue weighted by atomic mass is 35.5. The molecule has 0 spiro atoms. The van der Waals surface area contributed by atoms with E-state index in [1.54, 1.807) is 24.0 Å². The summed E-state index contributed by atoms with van der Waals surface area (Å²) in [4.78, 5) is 14.0. The maximum atomic E-state index is 12.3. The van der Waals surface area contributed by atoms with Crippen molar-refractivity contribution in [1.29, 1.82) is 0 Å². The van der Waals surface area contributed by atoms with E-state index < -0.39 is 11.7 Å². The summed E-state index contributed by atoms with van der Waals surface area (Å²) in [5, 5.41) is 10.6. The summed E-state index contributed by atoms with van der Waals surface area (Å²) in [6, 6.07) is 5.39. The number of fused-ring (bicyclic) bond motifs is 1. The number of aliphatic hydroxyl groups is 1. The van der Waals surface area contributed by atoms with Crippen LogP contribution in [0.2, 0.25) is 5.02 Å². The van der Waals surface area contributed by atoms with Crippen molar-refractivity contribution < 1.29 is 14.6 Å². The number of β-amino-alcohol motifs (C(OH)–C–C–N with tert-alkyl or cyclic N) is 1. The van der Waals surface area contributed by atoms with Crippen molar-refractivity contribution in [2.75, 3.05) is 13.1 Å². The molecule has 19 heavy (non-hydrogen) atoms. The monoisotopic (exact) mass is 281 g/mol. The third-order valence-corrected chi connectivity index (χ3v) is 3.97. The first-order chi connectivity index (χ1) is 8.94. The number of benzene rings is 1. The Balaban J connectivity index is 1.71. The normalized spacial score (nSPS) is 29.2. The van der Waals surface area contributed by atoms with Crippen LogP contribution in [0.1, 0.15) is 18.9 Å². The van der Waals surface area contributed by atoms with Crippen molar-refractivity contribution in [3.63, 3.8) is 0 Å². The van der Waals surface area contributed by atoms with E-state index in [2.05, 4.69) is 0 Å². The molecule has 0 saturated carbocycles. The van der Waals surface area contributed by atoms with Crippen molar-refractivity contribution in [3.05, 3.63) is 28.8 Å². The number of halogens is 1. The van der Waals surface area contributed by atoms with Crippen molar-refractivity contribution in [3.8, 4) is 5.75 Å². The SMILES string of the molecule is CC1(O)CCN(C(=O)C2Cc3cc(Cl)ccc3O2)C1. The molecular weight excluding hydrogens is 266 g/mol. The summed E-state index contributed by atoms with van der Waals surface area (Å²) in [6.45, 7) is 2.72. The number of hydrogen-bond donors (Lipinski definition) is 1. The summed E-state index contributed by atoms with van der Waals surface area (Å²) in [5.74, 6) is 0.679. The average molecular weight is 282 g/mol. The number of nitrogens with zero attached hydrogens (tertiary/aromatic N) is 1. The van der Waals surface area contributed by atoms with Crippen molar-refractivity contribution in [1.82, 2.24) is 4.90 Å². The van der Waals surface area contributed by atoms with E-state index in [-0.39, 0.29) is 5.91 Å². The highest BCUT2D eigenvalue weighted by molar-refractivity contribution is 6.30. The third kappa shape index (κ3) is 2.42. The van der Waals surface area contributed by atoms with Crippen LogP contribution in [0.3, 0.4) is 0 Å². The molecule has 1 fully saturated rings. The number of ether oxygens (including phenoxy) is 1.